The molecule has 0 saturated carbocycles. The minimum atomic E-state index is -4.25. The molecule has 0 bridgehead atoms. The van der Waals surface area contributed by atoms with Gasteiger partial charge in [-0.05, 0) is 41.5 Å². The van der Waals surface area contributed by atoms with Gasteiger partial charge < -0.3 is 14.7 Å². The van der Waals surface area contributed by atoms with Gasteiger partial charge in [-0.1, -0.05) is 30.4 Å². The molecule has 1 amide bonds. The van der Waals surface area contributed by atoms with Crippen molar-refractivity contribution in [2.24, 2.45) is 0 Å². The topological polar surface area (TPSA) is 103 Å². The summed E-state index contributed by atoms with van der Waals surface area (Å²) in [5.74, 6) is -0.0635. The van der Waals surface area contributed by atoms with Crippen LogP contribution < -0.4 is 13.8 Å². The number of nitrogens with zero attached hydrogens (tertiary/aromatic N) is 3. The van der Waals surface area contributed by atoms with E-state index in [1.165, 1.54) is 31.6 Å². The highest BCUT2D eigenvalue weighted by Gasteiger charge is 2.33. The number of hydrogen-bond donors (Lipinski definition) is 0. The smallest absolute Gasteiger partial charge is 0.270 e. The molecule has 11 heteroatoms. The second kappa shape index (κ2) is 12.7. The van der Waals surface area contributed by atoms with Gasteiger partial charge in [0.2, 0.25) is 0 Å². The second-order valence-corrected chi connectivity index (χ2v) is 9.90. The number of ether oxygens (including phenoxy) is 2. The Morgan fingerprint density at radius 3 is 2.35 bits per heavy atom. The van der Waals surface area contributed by atoms with Crippen molar-refractivity contribution in [1.82, 2.24) is 4.90 Å². The van der Waals surface area contributed by atoms with E-state index in [0.29, 0.717) is 42.3 Å². The minimum Gasteiger partial charge on any atom is -0.619 e. The number of hydrogen-bond acceptors (Lipinski definition) is 7. The molecule has 0 aliphatic carbocycles. The number of sulfonamides is 1. The van der Waals surface area contributed by atoms with E-state index in [-0.39, 0.29) is 29.5 Å². The van der Waals surface area contributed by atoms with Crippen molar-refractivity contribution in [2.75, 3.05) is 44.3 Å². The summed E-state index contributed by atoms with van der Waals surface area (Å²) >= 11 is 0. The summed E-state index contributed by atoms with van der Waals surface area (Å²) in [5.41, 5.74) is 1.52. The van der Waals surface area contributed by atoms with Crippen molar-refractivity contribution >= 4 is 46.2 Å². The Labute approximate surface area is 222 Å². The van der Waals surface area contributed by atoms with Gasteiger partial charge >= 0.3 is 0 Å². The molecule has 0 atom stereocenters. The van der Waals surface area contributed by atoms with Gasteiger partial charge in [0.25, 0.3) is 15.9 Å². The van der Waals surface area contributed by atoms with Crippen LogP contribution in [0.15, 0.2) is 78.0 Å². The van der Waals surface area contributed by atoms with Crippen LogP contribution in [0.4, 0.5) is 5.69 Å². The SMILES string of the molecule is COc1ccc(S(=O)(=O)N(C(=O)CN2CCOCC2)c2ccccc2C=Cc2cc[n+]([O-])cc2)cc1.Cl. The maximum atomic E-state index is 13.8. The monoisotopic (exact) mass is 545 g/mol. The third-order valence-electron chi connectivity index (χ3n) is 5.73. The molecule has 37 heavy (non-hydrogen) atoms. The number of methoxy groups -OCH3 is 1. The standard InChI is InChI=1S/C26H27N3O6S.ClH/c1-34-23-8-10-24(11-9-23)36(32,33)29(26(30)20-27-16-18-35-19-17-27)25-5-3-2-4-22(25)7-6-21-12-14-28(31)15-13-21;/h2-15H,16-20H2,1H3;1H. The second-order valence-electron chi connectivity index (χ2n) is 8.11. The van der Waals surface area contributed by atoms with Crippen molar-refractivity contribution in [3.8, 4) is 5.75 Å². The summed E-state index contributed by atoms with van der Waals surface area (Å²) in [4.78, 5) is 15.4. The van der Waals surface area contributed by atoms with Gasteiger partial charge in [0, 0.05) is 25.2 Å². The number of carbonyl (C=O) groups excluding carboxylic acids is 1. The van der Waals surface area contributed by atoms with Gasteiger partial charge in [-0.15, -0.1) is 12.4 Å². The molecule has 2 heterocycles. The largest absolute Gasteiger partial charge is 0.619 e. The molecule has 2 aromatic carbocycles. The summed E-state index contributed by atoms with van der Waals surface area (Å²) in [6, 6.07) is 16.0. The number of amides is 1. The number of morpholine rings is 1. The van der Waals surface area contributed by atoms with E-state index in [1.807, 2.05) is 4.90 Å². The van der Waals surface area contributed by atoms with Gasteiger partial charge in [-0.25, -0.2) is 12.7 Å². The first-order valence-electron chi connectivity index (χ1n) is 11.4. The number of carbonyl (C=O) groups is 1. The lowest BCUT2D eigenvalue weighted by Gasteiger charge is -2.30. The molecule has 0 N–H and O–H groups in total. The lowest BCUT2D eigenvalue weighted by Crippen LogP contribution is -2.47. The quantitative estimate of drug-likeness (QED) is 0.317. The molecule has 1 aliphatic rings. The van der Waals surface area contributed by atoms with E-state index in [4.69, 9.17) is 9.47 Å². The maximum Gasteiger partial charge on any atom is 0.270 e. The average Bonchev–Trinajstić information content (AvgIpc) is 2.89. The van der Waals surface area contributed by atoms with Gasteiger partial charge in [-0.2, -0.15) is 4.73 Å². The molecule has 1 aliphatic heterocycles. The molecule has 0 spiro atoms. The van der Waals surface area contributed by atoms with Crippen LogP contribution in [0.3, 0.4) is 0 Å². The summed E-state index contributed by atoms with van der Waals surface area (Å²) in [6.45, 7) is 1.98. The number of anilines is 1. The molecule has 1 saturated heterocycles. The van der Waals surface area contributed by atoms with Crippen molar-refractivity contribution in [2.45, 2.75) is 4.90 Å². The minimum absolute atomic E-state index is 0. The highest BCUT2D eigenvalue weighted by molar-refractivity contribution is 7.93. The number of halogens is 1. The van der Waals surface area contributed by atoms with Gasteiger partial charge in [0.05, 0.1) is 37.5 Å². The van der Waals surface area contributed by atoms with Gasteiger partial charge in [-0.3, -0.25) is 9.69 Å². The van der Waals surface area contributed by atoms with Crippen LogP contribution in [0, 0.1) is 5.21 Å². The Hall–Kier alpha value is -3.44. The molecule has 0 radical (unpaired) electrons. The predicted molar refractivity (Wildman–Crippen MR) is 143 cm³/mol. The zero-order valence-corrected chi connectivity index (χ0v) is 21.9. The Morgan fingerprint density at radius 2 is 1.70 bits per heavy atom. The Kier molecular flexibility index (Phi) is 9.65. The highest BCUT2D eigenvalue weighted by atomic mass is 35.5. The predicted octanol–water partition coefficient (Wildman–Crippen LogP) is 2.97. The van der Waals surface area contributed by atoms with E-state index >= 15 is 0 Å². The highest BCUT2D eigenvalue weighted by Crippen LogP contribution is 2.30. The first-order chi connectivity index (χ1) is 17.4. The normalized spacial score (nSPS) is 14.2. The van der Waals surface area contributed by atoms with Crippen LogP contribution in [0.5, 0.6) is 5.75 Å². The van der Waals surface area contributed by atoms with Crippen LogP contribution in [0.25, 0.3) is 12.2 Å². The lowest BCUT2D eigenvalue weighted by molar-refractivity contribution is -0.605. The van der Waals surface area contributed by atoms with Crippen molar-refractivity contribution in [1.29, 1.82) is 0 Å². The first-order valence-corrected chi connectivity index (χ1v) is 12.8. The van der Waals surface area contributed by atoms with E-state index in [9.17, 15) is 18.4 Å². The molecule has 0 unspecified atom stereocenters. The Bertz CT molecular complexity index is 1330. The Morgan fingerprint density at radius 1 is 1.05 bits per heavy atom. The van der Waals surface area contributed by atoms with E-state index in [1.54, 1.807) is 60.7 Å². The van der Waals surface area contributed by atoms with Crippen LogP contribution in [-0.4, -0.2) is 59.2 Å². The van der Waals surface area contributed by atoms with Crippen LogP contribution in [0.1, 0.15) is 11.1 Å². The molecule has 9 nitrogen and oxygen atoms in total. The fraction of sp³-hybridized carbons (Fsp3) is 0.231. The number of pyridine rings is 1. The number of benzene rings is 2. The van der Waals surface area contributed by atoms with Crippen LogP contribution in [-0.2, 0) is 19.6 Å². The van der Waals surface area contributed by atoms with E-state index in [0.717, 1.165) is 9.87 Å². The van der Waals surface area contributed by atoms with Crippen molar-refractivity contribution in [3.05, 3.63) is 89.4 Å². The zero-order chi connectivity index (χ0) is 25.5. The molecule has 1 fully saturated rings. The number of aromatic nitrogens is 1. The van der Waals surface area contributed by atoms with E-state index in [2.05, 4.69) is 0 Å². The van der Waals surface area contributed by atoms with Crippen LogP contribution in [0.2, 0.25) is 0 Å². The molecule has 4 rings (SSSR count). The van der Waals surface area contributed by atoms with Crippen LogP contribution >= 0.6 is 12.4 Å². The molecule has 3 aromatic rings. The fourth-order valence-electron chi connectivity index (χ4n) is 3.80. The van der Waals surface area contributed by atoms with Crippen molar-refractivity contribution < 1.29 is 27.4 Å². The summed E-state index contributed by atoms with van der Waals surface area (Å²) in [5, 5.41) is 11.3. The summed E-state index contributed by atoms with van der Waals surface area (Å²) in [6.07, 6.45) is 6.22. The molecular formula is C26H28ClN3O6S. The van der Waals surface area contributed by atoms with E-state index < -0.39 is 15.9 Å². The van der Waals surface area contributed by atoms with Crippen molar-refractivity contribution in [3.63, 3.8) is 0 Å². The number of rotatable bonds is 8. The first kappa shape index (κ1) is 28.1. The zero-order valence-electron chi connectivity index (χ0n) is 20.2. The third-order valence-corrected chi connectivity index (χ3v) is 7.47. The van der Waals surface area contributed by atoms with Gasteiger partial charge in [0.15, 0.2) is 12.4 Å². The number of para-hydroxylation sites is 1. The third kappa shape index (κ3) is 6.86. The molecule has 1 aromatic heterocycles. The molecule has 196 valence electrons. The Balaban J connectivity index is 0.00000380. The fourth-order valence-corrected chi connectivity index (χ4v) is 5.24. The summed E-state index contributed by atoms with van der Waals surface area (Å²) < 4.78 is 39.7. The maximum absolute atomic E-state index is 13.8. The van der Waals surface area contributed by atoms with Gasteiger partial charge in [0.1, 0.15) is 5.75 Å². The average molecular weight is 546 g/mol. The summed E-state index contributed by atoms with van der Waals surface area (Å²) in [7, 11) is -2.75. The molecular weight excluding hydrogens is 518 g/mol. The lowest BCUT2D eigenvalue weighted by atomic mass is 10.1.